The smallest absolute Gasteiger partial charge is 0.416 e. The van der Waals surface area contributed by atoms with Crippen LogP contribution in [0.3, 0.4) is 0 Å². The minimum Gasteiger partial charge on any atom is -0.480 e. The molecule has 0 atom stereocenters. The van der Waals surface area contributed by atoms with Crippen LogP contribution in [0, 0.1) is 83.1 Å². The number of aryl methyl sites for hydroxylation is 20. The Morgan fingerprint density at radius 3 is 0.854 bits per heavy atom. The molecule has 0 radical (unpaired) electrons. The van der Waals surface area contributed by atoms with Gasteiger partial charge in [-0.05, 0) is 198 Å². The lowest BCUT2D eigenvalue weighted by atomic mass is 10.1. The van der Waals surface area contributed by atoms with Gasteiger partial charge in [-0.1, -0.05) is 119 Å². The Morgan fingerprint density at radius 1 is 0.299 bits per heavy atom. The number of hydrogen-bond donors (Lipinski definition) is 4. The van der Waals surface area contributed by atoms with Gasteiger partial charge in [0.1, 0.15) is 72.2 Å². The molecule has 0 unspecified atom stereocenters. The van der Waals surface area contributed by atoms with Gasteiger partial charge in [-0.3, -0.25) is 38.8 Å². The molecule has 0 spiro atoms. The fraction of sp³-hybridized carbons (Fsp3) is 0.276. The summed E-state index contributed by atoms with van der Waals surface area (Å²) >= 11 is 0. The molecule has 32 nitrogen and oxygen atoms in total. The molecule has 0 saturated carbocycles. The number of oxazole rings is 4. The standard InChI is InChI=1S/C27H29N3O5.3C26H27N3O5/c1-18-6-10-23(11-7-18)35-27(33)30(17-26(31)32)16-21-8-9-22-12-14-29(25(22)15-21)13-4-5-24-19(2)34-20(3)28-24;1-17-4-8-22(9-5-17)34-26(32)29(16-25(30)31)15-20-6-7-21-10-12-28(24(21)14-20)13-11-23-18(2)33-19(3)27-23;2*1-17-7-9-21(10-8-17)34-26(32)29(16-25(30)31)15-20-5-4-6-24-22(20)11-13-28(24)14-12-23-18(2)33-19(3)27-23/h6-12,14-15H,4-5,13,16-17H2,1-3H3,(H,31,32);4-10,12,14H,11,13,15-16H2,1-3H3,(H,30,31);2*4-11,13H,12,14-16H2,1-3H3,(H,30,31). The van der Waals surface area contributed by atoms with Crippen LogP contribution in [0.1, 0.15) is 120 Å². The van der Waals surface area contributed by atoms with Crippen molar-refractivity contribution in [1.82, 2.24) is 57.8 Å². The molecule has 0 bridgehead atoms. The molecule has 0 aliphatic rings. The van der Waals surface area contributed by atoms with E-state index in [-0.39, 0.29) is 26.2 Å². The van der Waals surface area contributed by atoms with Gasteiger partial charge in [-0.15, -0.1) is 0 Å². The summed E-state index contributed by atoms with van der Waals surface area (Å²) < 4.78 is 52.3. The highest BCUT2D eigenvalue weighted by molar-refractivity contribution is 5.88. The molecule has 16 aromatic rings. The lowest BCUT2D eigenvalue weighted by molar-refractivity contribution is -0.138. The lowest BCUT2D eigenvalue weighted by Crippen LogP contribution is -2.37. The summed E-state index contributed by atoms with van der Waals surface area (Å²) in [5, 5.41) is 41.4. The molecule has 0 saturated heterocycles. The number of fused-ring (bicyclic) bond motifs is 4. The van der Waals surface area contributed by atoms with Crippen molar-refractivity contribution in [3.63, 3.8) is 0 Å². The van der Waals surface area contributed by atoms with Crippen LogP contribution < -0.4 is 18.9 Å². The van der Waals surface area contributed by atoms with Crippen LogP contribution >= 0.6 is 0 Å². The second-order valence-electron chi connectivity index (χ2n) is 33.5. The summed E-state index contributed by atoms with van der Waals surface area (Å²) in [6.07, 6.45) is 9.09. The average molecular weight is 1860 g/mol. The maximum absolute atomic E-state index is 12.8. The molecule has 0 aliphatic heterocycles. The van der Waals surface area contributed by atoms with E-state index >= 15 is 0 Å². The molecular weight excluding hydrogens is 1750 g/mol. The van der Waals surface area contributed by atoms with Crippen molar-refractivity contribution in [2.45, 2.75) is 168 Å². The van der Waals surface area contributed by atoms with E-state index in [1.54, 1.807) is 48.5 Å². The van der Waals surface area contributed by atoms with Crippen LogP contribution in [0.15, 0.2) is 237 Å². The molecule has 8 heterocycles. The molecule has 137 heavy (non-hydrogen) atoms. The topological polar surface area (TPSA) is 391 Å². The number of benzene rings is 8. The first-order valence-electron chi connectivity index (χ1n) is 44.7. The van der Waals surface area contributed by atoms with E-state index in [0.29, 0.717) is 66.2 Å². The number of hydrogen-bond acceptors (Lipinski definition) is 20. The number of carbonyl (C=O) groups is 8. The third-order valence-electron chi connectivity index (χ3n) is 22.8. The second kappa shape index (κ2) is 45.4. The summed E-state index contributed by atoms with van der Waals surface area (Å²) in [5.41, 5.74) is 15.2. The van der Waals surface area contributed by atoms with Crippen molar-refractivity contribution >= 4 is 91.9 Å². The minimum atomic E-state index is -1.11. The third kappa shape index (κ3) is 27.3. The molecule has 8 aromatic carbocycles. The predicted molar refractivity (Wildman–Crippen MR) is 512 cm³/mol. The number of ether oxygens (including phenoxy) is 4. The van der Waals surface area contributed by atoms with Gasteiger partial charge in [0.25, 0.3) is 0 Å². The molecule has 710 valence electrons. The Labute approximate surface area is 790 Å². The zero-order chi connectivity index (χ0) is 97.7. The highest BCUT2D eigenvalue weighted by atomic mass is 16.6. The summed E-state index contributed by atoms with van der Waals surface area (Å²) in [6, 6.07) is 59.5. The van der Waals surface area contributed by atoms with Gasteiger partial charge < -0.3 is 75.3 Å². The maximum atomic E-state index is 12.8. The third-order valence-corrected chi connectivity index (χ3v) is 22.8. The number of carboxylic acids is 4. The first-order valence-corrected chi connectivity index (χ1v) is 44.7. The van der Waals surface area contributed by atoms with Gasteiger partial charge >= 0.3 is 48.3 Å². The fourth-order valence-electron chi connectivity index (χ4n) is 15.9. The molecule has 0 aliphatic carbocycles. The van der Waals surface area contributed by atoms with Crippen LogP contribution in [0.2, 0.25) is 0 Å². The number of aliphatic carboxylic acids is 4. The summed E-state index contributed by atoms with van der Waals surface area (Å²) in [5.74, 6) is 3.04. The van der Waals surface area contributed by atoms with E-state index in [1.165, 1.54) is 19.6 Å². The van der Waals surface area contributed by atoms with Gasteiger partial charge in [0.15, 0.2) is 23.6 Å². The Morgan fingerprint density at radius 2 is 0.569 bits per heavy atom. The Bertz CT molecular complexity index is 6670. The van der Waals surface area contributed by atoms with Crippen molar-refractivity contribution in [1.29, 1.82) is 0 Å². The molecule has 4 amide bonds. The monoisotopic (exact) mass is 1860 g/mol. The Kier molecular flexibility index (Phi) is 32.6. The molecule has 32 heteroatoms. The zero-order valence-corrected chi connectivity index (χ0v) is 78.5. The van der Waals surface area contributed by atoms with Crippen molar-refractivity contribution in [3.8, 4) is 23.0 Å². The highest BCUT2D eigenvalue weighted by Crippen LogP contribution is 2.30. The van der Waals surface area contributed by atoms with Crippen LogP contribution in [-0.2, 0) is 97.2 Å². The maximum Gasteiger partial charge on any atom is 0.416 e. The number of rotatable bonds is 33. The second-order valence-corrected chi connectivity index (χ2v) is 33.5. The molecule has 4 N–H and O–H groups in total. The van der Waals surface area contributed by atoms with Crippen LogP contribution in [0.5, 0.6) is 23.0 Å². The first kappa shape index (κ1) is 98.2. The van der Waals surface area contributed by atoms with E-state index < -0.39 is 74.4 Å². The van der Waals surface area contributed by atoms with Crippen LogP contribution in [0.25, 0.3) is 43.6 Å². The molecule has 0 fully saturated rings. The van der Waals surface area contributed by atoms with Crippen molar-refractivity contribution in [2.24, 2.45) is 0 Å². The van der Waals surface area contributed by atoms with E-state index in [0.717, 1.165) is 173 Å². The van der Waals surface area contributed by atoms with Gasteiger partial charge in [-0.25, -0.2) is 39.1 Å². The fourth-order valence-corrected chi connectivity index (χ4v) is 15.9. The van der Waals surface area contributed by atoms with Crippen LogP contribution in [0.4, 0.5) is 19.2 Å². The van der Waals surface area contributed by atoms with Gasteiger partial charge in [0, 0.05) is 144 Å². The quantitative estimate of drug-likeness (QED) is 0.0297. The normalized spacial score (nSPS) is 11.0. The largest absolute Gasteiger partial charge is 0.480 e. The number of carboxylic acid groups (broad SMARTS) is 4. The zero-order valence-electron chi connectivity index (χ0n) is 78.5. The minimum absolute atomic E-state index is 0.111. The summed E-state index contributed by atoms with van der Waals surface area (Å²) in [7, 11) is 0. The van der Waals surface area contributed by atoms with E-state index in [9.17, 15) is 58.8 Å². The van der Waals surface area contributed by atoms with Gasteiger partial charge in [-0.2, -0.15) is 0 Å². The van der Waals surface area contributed by atoms with Crippen molar-refractivity contribution in [3.05, 3.63) is 333 Å². The highest BCUT2D eigenvalue weighted by Gasteiger charge is 2.27. The Balaban J connectivity index is 0.000000154. The number of nitrogens with zero attached hydrogens (tertiary/aromatic N) is 12. The molecule has 8 aromatic heterocycles. The number of carbonyl (C=O) groups excluding carboxylic acids is 4. The predicted octanol–water partition coefficient (Wildman–Crippen LogP) is 19.9. The average Bonchev–Trinajstić information content (AvgIpc) is 1.60. The first-order chi connectivity index (χ1) is 65.6. The number of aromatic nitrogens is 8. The van der Waals surface area contributed by atoms with E-state index in [1.807, 2.05) is 253 Å². The molecule has 16 rings (SSSR count). The van der Waals surface area contributed by atoms with Crippen molar-refractivity contribution < 1.29 is 95.4 Å². The number of amides is 4. The molecular formula is C105H110N12O20. The SMILES string of the molecule is Cc1ccc(OC(=O)N(CC(=O)O)Cc2ccc3ccn(CCCc4nc(C)oc4C)c3c2)cc1.Cc1ccc(OC(=O)N(CC(=O)O)Cc2ccc3ccn(CCc4nc(C)oc4C)c3c2)cc1.Cc1ccc(OC(=O)N(CC(=O)O)Cc2cccc3c2ccn3CCc2nc(C)oc2C)cc1.Cc1ccc(OC(=O)N(CC(=O)O)Cc2cccc3c2ccn3CCc2nc(C)oc2C)cc1. The van der Waals surface area contributed by atoms with E-state index in [4.69, 9.17) is 36.6 Å². The summed E-state index contributed by atoms with van der Waals surface area (Å²) in [4.78, 5) is 119. The van der Waals surface area contributed by atoms with Crippen LogP contribution in [-0.4, -0.2) is 153 Å². The summed E-state index contributed by atoms with van der Waals surface area (Å²) in [6.45, 7) is 24.3. The van der Waals surface area contributed by atoms with E-state index in [2.05, 4.69) is 38.2 Å². The Hall–Kier alpha value is -16.3. The lowest BCUT2D eigenvalue weighted by Gasteiger charge is -2.21. The van der Waals surface area contributed by atoms with Gasteiger partial charge in [0.05, 0.1) is 35.9 Å². The van der Waals surface area contributed by atoms with Gasteiger partial charge in [0.2, 0.25) is 0 Å². The van der Waals surface area contributed by atoms with Crippen molar-refractivity contribution in [2.75, 3.05) is 26.2 Å².